The van der Waals surface area contributed by atoms with Crippen molar-refractivity contribution in [3.05, 3.63) is 42.0 Å². The summed E-state index contributed by atoms with van der Waals surface area (Å²) in [6.45, 7) is 5.69. The van der Waals surface area contributed by atoms with Crippen LogP contribution in [0.3, 0.4) is 0 Å². The molecule has 2 aliphatic carbocycles. The highest BCUT2D eigenvalue weighted by atomic mass is 31.2. The van der Waals surface area contributed by atoms with Gasteiger partial charge in [-0.1, -0.05) is 12.1 Å². The predicted molar refractivity (Wildman–Crippen MR) is 167 cm³/mol. The monoisotopic (exact) mass is 605 g/mol. The average molecular weight is 606 g/mol. The molecule has 2 aromatic heterocycles. The van der Waals surface area contributed by atoms with Crippen molar-refractivity contribution in [2.75, 3.05) is 26.9 Å². The van der Waals surface area contributed by atoms with Gasteiger partial charge < -0.3 is 33.6 Å². The van der Waals surface area contributed by atoms with E-state index in [4.69, 9.17) is 24.5 Å². The molecule has 11 heteroatoms. The van der Waals surface area contributed by atoms with Gasteiger partial charge in [-0.25, -0.2) is 4.98 Å². The number of fused-ring (bicyclic) bond motifs is 4. The Hall–Kier alpha value is -3.17. The molecule has 2 N–H and O–H groups in total. The lowest BCUT2D eigenvalue weighted by atomic mass is 10.1. The van der Waals surface area contributed by atoms with E-state index >= 15 is 0 Å². The van der Waals surface area contributed by atoms with Gasteiger partial charge in [0.2, 0.25) is 0 Å². The zero-order valence-electron chi connectivity index (χ0n) is 25.3. The lowest BCUT2D eigenvalue weighted by molar-refractivity contribution is 0.0700. The molecule has 2 bridgehead atoms. The Morgan fingerprint density at radius 2 is 1.84 bits per heavy atom. The number of benzene rings is 2. The van der Waals surface area contributed by atoms with Crippen LogP contribution in [-0.2, 0) is 27.2 Å². The number of amides is 1. The third kappa shape index (κ3) is 4.62. The summed E-state index contributed by atoms with van der Waals surface area (Å²) < 4.78 is 35.8. The molecule has 2 aromatic carbocycles. The molecule has 7 rings (SSSR count). The van der Waals surface area contributed by atoms with Crippen LogP contribution >= 0.6 is 7.60 Å². The maximum atomic E-state index is 14.1. The molecule has 3 aliphatic rings. The summed E-state index contributed by atoms with van der Waals surface area (Å²) in [6.07, 6.45) is 4.35. The maximum Gasteiger partial charge on any atom is 0.363 e. The molecule has 2 saturated carbocycles. The average Bonchev–Trinajstić information content (AvgIpc) is 3.39. The first kappa shape index (κ1) is 28.6. The second-order valence-corrected chi connectivity index (χ2v) is 14.1. The van der Waals surface area contributed by atoms with Gasteiger partial charge in [-0.05, 0) is 75.6 Å². The fourth-order valence-corrected chi connectivity index (χ4v) is 9.05. The van der Waals surface area contributed by atoms with Crippen molar-refractivity contribution in [1.29, 1.82) is 0 Å². The van der Waals surface area contributed by atoms with Crippen LogP contribution in [-0.4, -0.2) is 63.9 Å². The zero-order chi connectivity index (χ0) is 30.0. The number of carbonyl (C=O) groups excluding carboxylic acids is 1. The van der Waals surface area contributed by atoms with Crippen LogP contribution in [0.2, 0.25) is 0 Å². The lowest BCUT2D eigenvalue weighted by Gasteiger charge is -2.27. The highest BCUT2D eigenvalue weighted by Gasteiger charge is 2.47. The lowest BCUT2D eigenvalue weighted by Crippen LogP contribution is -2.41. The third-order valence-corrected chi connectivity index (χ3v) is 11.6. The summed E-state index contributed by atoms with van der Waals surface area (Å²) in [5.74, 6) is 2.23. The number of nitrogens with zero attached hydrogens (tertiary/aromatic N) is 4. The summed E-state index contributed by atoms with van der Waals surface area (Å²) in [5, 5.41) is 1.52. The number of imidazole rings is 1. The van der Waals surface area contributed by atoms with E-state index in [0.29, 0.717) is 40.5 Å². The summed E-state index contributed by atoms with van der Waals surface area (Å²) in [7, 11) is 0.0397. The van der Waals surface area contributed by atoms with Gasteiger partial charge in [0.15, 0.2) is 5.82 Å². The molecule has 0 radical (unpaired) electrons. The Bertz CT molecular complexity index is 1760. The van der Waals surface area contributed by atoms with Gasteiger partial charge in [-0.2, -0.15) is 0 Å². The van der Waals surface area contributed by atoms with Gasteiger partial charge in [-0.15, -0.1) is 0 Å². The molecule has 3 atom stereocenters. The van der Waals surface area contributed by atoms with E-state index in [2.05, 4.69) is 10.6 Å². The minimum atomic E-state index is -3.55. The number of ether oxygens (including phenoxy) is 1. The standard InChI is InChI=1S/C32H40N5O5P/c1-5-41-43(39,42-6-2)27-9-7-8-20-15-25(36(29(20)27)17-19-10-11-19)31-34-23-14-22(16-26(40-4)30(23)35(31)3)32(38)37-18-21-12-13-24(37)28(21)33/h7-9,14-16,19,21,24,28H,5-6,10-13,17-18,33H2,1-4H3/t21-,24-,28-/m1/s1. The highest BCUT2D eigenvalue weighted by Crippen LogP contribution is 2.49. The smallest absolute Gasteiger partial charge is 0.363 e. The predicted octanol–water partition coefficient (Wildman–Crippen LogP) is 5.07. The number of nitrogens with two attached hydrogens (primary N) is 1. The van der Waals surface area contributed by atoms with Crippen LogP contribution in [0.15, 0.2) is 36.4 Å². The van der Waals surface area contributed by atoms with Crippen molar-refractivity contribution in [3.63, 3.8) is 0 Å². The number of hydrogen-bond acceptors (Lipinski definition) is 7. The molecule has 43 heavy (non-hydrogen) atoms. The van der Waals surface area contributed by atoms with Gasteiger partial charge in [0.1, 0.15) is 11.3 Å². The molecule has 228 valence electrons. The number of hydrogen-bond donors (Lipinski definition) is 1. The first-order valence-electron chi connectivity index (χ1n) is 15.4. The van der Waals surface area contributed by atoms with Gasteiger partial charge in [0.05, 0.1) is 42.4 Å². The number of piperidine rings is 1. The van der Waals surface area contributed by atoms with Crippen LogP contribution in [0.25, 0.3) is 33.5 Å². The van der Waals surface area contributed by atoms with Crippen LogP contribution in [0, 0.1) is 11.8 Å². The molecular formula is C32H40N5O5P. The van der Waals surface area contributed by atoms with Gasteiger partial charge in [0.25, 0.3) is 5.91 Å². The highest BCUT2D eigenvalue weighted by molar-refractivity contribution is 7.62. The Morgan fingerprint density at radius 3 is 2.47 bits per heavy atom. The van der Waals surface area contributed by atoms with Crippen molar-refractivity contribution in [2.24, 2.45) is 24.6 Å². The summed E-state index contributed by atoms with van der Waals surface area (Å²) >= 11 is 0. The van der Waals surface area contributed by atoms with Crippen LogP contribution in [0.4, 0.5) is 0 Å². The Morgan fingerprint density at radius 1 is 1.07 bits per heavy atom. The van der Waals surface area contributed by atoms with Crippen molar-refractivity contribution in [2.45, 2.75) is 58.2 Å². The van der Waals surface area contributed by atoms with E-state index < -0.39 is 7.60 Å². The minimum Gasteiger partial charge on any atom is -0.494 e. The van der Waals surface area contributed by atoms with Crippen molar-refractivity contribution >= 4 is 40.7 Å². The van der Waals surface area contributed by atoms with Crippen molar-refractivity contribution < 1.29 is 23.1 Å². The maximum absolute atomic E-state index is 14.1. The normalized spacial score (nSPS) is 21.9. The molecule has 0 unspecified atom stereocenters. The van der Waals surface area contributed by atoms with Gasteiger partial charge >= 0.3 is 7.60 Å². The Kier molecular flexibility index (Phi) is 7.16. The number of likely N-dealkylation sites (tertiary alicyclic amines) is 1. The molecule has 3 fully saturated rings. The first-order chi connectivity index (χ1) is 20.8. The quantitative estimate of drug-likeness (QED) is 0.251. The van der Waals surface area contributed by atoms with E-state index in [1.807, 2.05) is 60.7 Å². The molecular weight excluding hydrogens is 565 g/mol. The molecule has 10 nitrogen and oxygen atoms in total. The van der Waals surface area contributed by atoms with Crippen LogP contribution in [0.1, 0.15) is 49.9 Å². The van der Waals surface area contributed by atoms with E-state index in [1.54, 1.807) is 7.11 Å². The summed E-state index contributed by atoms with van der Waals surface area (Å²) in [5.41, 5.74) is 10.2. The molecule has 1 aliphatic heterocycles. The number of rotatable bonds is 10. The summed E-state index contributed by atoms with van der Waals surface area (Å²) in [4.78, 5) is 20.8. The molecule has 0 spiro atoms. The zero-order valence-corrected chi connectivity index (χ0v) is 26.2. The van der Waals surface area contributed by atoms with Crippen LogP contribution < -0.4 is 15.8 Å². The molecule has 1 saturated heterocycles. The summed E-state index contributed by atoms with van der Waals surface area (Å²) in [6, 6.07) is 11.7. The number of carbonyl (C=O) groups is 1. The first-order valence-corrected chi connectivity index (χ1v) is 17.0. The Balaban J connectivity index is 1.38. The van der Waals surface area contributed by atoms with E-state index in [1.165, 1.54) is 0 Å². The fourth-order valence-electron chi connectivity index (χ4n) is 7.24. The van der Waals surface area contributed by atoms with Crippen LogP contribution in [0.5, 0.6) is 5.75 Å². The van der Waals surface area contributed by atoms with E-state index in [9.17, 15) is 9.36 Å². The fraction of sp³-hybridized carbons (Fsp3) is 0.500. The number of aryl methyl sites for hydroxylation is 1. The number of methoxy groups -OCH3 is 1. The van der Waals surface area contributed by atoms with Gasteiger partial charge in [0, 0.05) is 43.2 Å². The van der Waals surface area contributed by atoms with Gasteiger partial charge in [-0.3, -0.25) is 9.36 Å². The second-order valence-electron chi connectivity index (χ2n) is 12.1. The van der Waals surface area contributed by atoms with E-state index in [0.717, 1.165) is 60.2 Å². The number of para-hydroxylation sites is 1. The molecule has 1 amide bonds. The second kappa shape index (κ2) is 10.8. The molecule has 3 heterocycles. The number of aromatic nitrogens is 3. The topological polar surface area (TPSA) is 114 Å². The van der Waals surface area contributed by atoms with Crippen molar-refractivity contribution in [1.82, 2.24) is 19.0 Å². The Labute approximate surface area is 251 Å². The van der Waals surface area contributed by atoms with Crippen molar-refractivity contribution in [3.8, 4) is 17.3 Å². The SMILES string of the molecule is CCOP(=O)(OCC)c1cccc2cc(-c3nc4cc(C(=O)N5C[C@H]6CC[C@@H]5[C@@H]6N)cc(OC)c4n3C)n(CC3CC3)c12. The minimum absolute atomic E-state index is 0.0230. The third-order valence-electron chi connectivity index (χ3n) is 9.47. The largest absolute Gasteiger partial charge is 0.494 e. The van der Waals surface area contributed by atoms with E-state index in [-0.39, 0.29) is 31.2 Å². The molecule has 4 aromatic rings.